The number of halogens is 1. The Hall–Kier alpha value is -2.91. The zero-order valence-electron chi connectivity index (χ0n) is 12.8. The van der Waals surface area contributed by atoms with E-state index in [0.29, 0.717) is 16.9 Å². The first-order valence-electron chi connectivity index (χ1n) is 7.24. The summed E-state index contributed by atoms with van der Waals surface area (Å²) in [7, 11) is 0. The van der Waals surface area contributed by atoms with Crippen molar-refractivity contribution >= 4 is 22.8 Å². The second kappa shape index (κ2) is 9.28. The molecular formula is C20H15ClO3. The summed E-state index contributed by atoms with van der Waals surface area (Å²) < 4.78 is 5.16. The van der Waals surface area contributed by atoms with E-state index in [1.54, 1.807) is 48.5 Å². The van der Waals surface area contributed by atoms with Crippen LogP contribution in [0.4, 0.5) is 0 Å². The first-order valence-corrected chi connectivity index (χ1v) is 7.62. The van der Waals surface area contributed by atoms with Crippen molar-refractivity contribution < 1.29 is 14.3 Å². The topological polar surface area (TPSA) is 43.4 Å². The smallest absolute Gasteiger partial charge is 0.343 e. The molecule has 0 heterocycles. The van der Waals surface area contributed by atoms with Gasteiger partial charge in [0.15, 0.2) is 0 Å². The molecule has 0 N–H and O–H groups in total. The van der Waals surface area contributed by atoms with Gasteiger partial charge < -0.3 is 4.74 Å². The second-order valence-electron chi connectivity index (χ2n) is 4.71. The monoisotopic (exact) mass is 338 g/mol. The standard InChI is InChI=1S/C13H10O2.C7H5ClO/c14-13(11-7-3-1-4-8-11)15-12-9-5-2-6-10-12;8-7(9)6-4-2-1-3-5-6/h1-10H;1-5H. The van der Waals surface area contributed by atoms with E-state index in [9.17, 15) is 9.59 Å². The number of hydrogen-bond acceptors (Lipinski definition) is 3. The lowest BCUT2D eigenvalue weighted by atomic mass is 10.2. The minimum atomic E-state index is -0.407. The Morgan fingerprint density at radius 2 is 1.04 bits per heavy atom. The Morgan fingerprint density at radius 3 is 1.46 bits per heavy atom. The van der Waals surface area contributed by atoms with Crippen LogP contribution in [0.25, 0.3) is 0 Å². The Labute approximate surface area is 145 Å². The van der Waals surface area contributed by atoms with E-state index in [1.807, 2.05) is 42.5 Å². The summed E-state index contributed by atoms with van der Waals surface area (Å²) >= 11 is 5.16. The second-order valence-corrected chi connectivity index (χ2v) is 5.05. The highest BCUT2D eigenvalue weighted by molar-refractivity contribution is 6.67. The average Bonchev–Trinajstić information content (AvgIpc) is 2.64. The molecule has 0 aliphatic heterocycles. The van der Waals surface area contributed by atoms with Crippen molar-refractivity contribution in [2.75, 3.05) is 0 Å². The van der Waals surface area contributed by atoms with E-state index < -0.39 is 5.24 Å². The summed E-state index contributed by atoms with van der Waals surface area (Å²) in [4.78, 5) is 22.0. The van der Waals surface area contributed by atoms with Crippen LogP contribution < -0.4 is 4.74 Å². The molecule has 3 aromatic rings. The van der Waals surface area contributed by atoms with Gasteiger partial charge in [-0.2, -0.15) is 0 Å². The van der Waals surface area contributed by atoms with E-state index >= 15 is 0 Å². The molecule has 3 rings (SSSR count). The fourth-order valence-corrected chi connectivity index (χ4v) is 1.92. The molecule has 0 spiro atoms. The highest BCUT2D eigenvalue weighted by Gasteiger charge is 2.06. The quantitative estimate of drug-likeness (QED) is 0.384. The maximum absolute atomic E-state index is 11.6. The molecule has 0 aromatic heterocycles. The number of benzene rings is 3. The molecule has 0 saturated carbocycles. The number of carbonyl (C=O) groups is 2. The Kier molecular flexibility index (Phi) is 6.74. The molecule has 0 bridgehead atoms. The summed E-state index contributed by atoms with van der Waals surface area (Å²) in [5.41, 5.74) is 1.10. The number of para-hydroxylation sites is 1. The van der Waals surface area contributed by atoms with Crippen LogP contribution in [-0.2, 0) is 0 Å². The van der Waals surface area contributed by atoms with Crippen LogP contribution in [0.5, 0.6) is 5.75 Å². The van der Waals surface area contributed by atoms with Gasteiger partial charge in [0, 0.05) is 5.56 Å². The molecule has 0 atom stereocenters. The molecule has 0 aliphatic rings. The number of carbonyl (C=O) groups excluding carboxylic acids is 2. The van der Waals surface area contributed by atoms with Gasteiger partial charge in [-0.25, -0.2) is 4.79 Å². The summed E-state index contributed by atoms with van der Waals surface area (Å²) in [5.74, 6) is 0.230. The van der Waals surface area contributed by atoms with Crippen LogP contribution in [0.1, 0.15) is 20.7 Å². The molecular weight excluding hydrogens is 324 g/mol. The van der Waals surface area contributed by atoms with E-state index in [1.165, 1.54) is 0 Å². The lowest BCUT2D eigenvalue weighted by Crippen LogP contribution is -2.07. The van der Waals surface area contributed by atoms with E-state index in [0.717, 1.165) is 0 Å². The third kappa shape index (κ3) is 5.71. The highest BCUT2D eigenvalue weighted by Crippen LogP contribution is 2.11. The van der Waals surface area contributed by atoms with E-state index in [2.05, 4.69) is 0 Å². The van der Waals surface area contributed by atoms with Gasteiger partial charge in [0.1, 0.15) is 5.75 Å². The van der Waals surface area contributed by atoms with Crippen LogP contribution in [0.2, 0.25) is 0 Å². The SMILES string of the molecule is O=C(Cl)c1ccccc1.O=C(Oc1ccccc1)c1ccccc1. The predicted octanol–water partition coefficient (Wildman–Crippen LogP) is 4.97. The van der Waals surface area contributed by atoms with Gasteiger partial charge in [0.25, 0.3) is 5.24 Å². The Morgan fingerprint density at radius 1 is 0.625 bits per heavy atom. The minimum absolute atomic E-state index is 0.332. The third-order valence-electron chi connectivity index (χ3n) is 2.96. The van der Waals surface area contributed by atoms with Gasteiger partial charge >= 0.3 is 5.97 Å². The van der Waals surface area contributed by atoms with Gasteiger partial charge in [0.2, 0.25) is 0 Å². The lowest BCUT2D eigenvalue weighted by molar-refractivity contribution is 0.0734. The van der Waals surface area contributed by atoms with E-state index in [-0.39, 0.29) is 5.97 Å². The fourth-order valence-electron chi connectivity index (χ4n) is 1.80. The number of ether oxygens (including phenoxy) is 1. The van der Waals surface area contributed by atoms with Crippen molar-refractivity contribution in [3.8, 4) is 5.75 Å². The van der Waals surface area contributed by atoms with Crippen molar-refractivity contribution in [1.29, 1.82) is 0 Å². The predicted molar refractivity (Wildman–Crippen MR) is 94.5 cm³/mol. The molecule has 0 fully saturated rings. The molecule has 120 valence electrons. The molecule has 24 heavy (non-hydrogen) atoms. The van der Waals surface area contributed by atoms with Gasteiger partial charge in [-0.05, 0) is 35.9 Å². The first kappa shape index (κ1) is 17.4. The van der Waals surface area contributed by atoms with Crippen molar-refractivity contribution in [3.63, 3.8) is 0 Å². The van der Waals surface area contributed by atoms with Crippen LogP contribution in [0.15, 0.2) is 91.0 Å². The lowest BCUT2D eigenvalue weighted by Gasteiger charge is -2.02. The normalized spacial score (nSPS) is 9.38. The molecule has 4 heteroatoms. The summed E-state index contributed by atoms with van der Waals surface area (Å²) in [6.45, 7) is 0. The highest BCUT2D eigenvalue weighted by atomic mass is 35.5. The van der Waals surface area contributed by atoms with Crippen molar-refractivity contribution in [2.24, 2.45) is 0 Å². The zero-order valence-corrected chi connectivity index (χ0v) is 13.5. The average molecular weight is 339 g/mol. The number of hydrogen-bond donors (Lipinski definition) is 0. The van der Waals surface area contributed by atoms with Gasteiger partial charge in [0.05, 0.1) is 5.56 Å². The zero-order chi connectivity index (χ0) is 17.2. The maximum atomic E-state index is 11.6. The molecule has 3 nitrogen and oxygen atoms in total. The number of esters is 1. The van der Waals surface area contributed by atoms with Gasteiger partial charge in [-0.15, -0.1) is 0 Å². The first-order chi connectivity index (χ1) is 11.7. The Bertz CT molecular complexity index is 772. The minimum Gasteiger partial charge on any atom is -0.423 e. The molecule has 3 aromatic carbocycles. The largest absolute Gasteiger partial charge is 0.423 e. The molecule has 0 saturated heterocycles. The van der Waals surface area contributed by atoms with Crippen LogP contribution in [0.3, 0.4) is 0 Å². The summed E-state index contributed by atoms with van der Waals surface area (Å²) in [5, 5.41) is -0.407. The van der Waals surface area contributed by atoms with Crippen LogP contribution >= 0.6 is 11.6 Å². The molecule has 0 radical (unpaired) electrons. The third-order valence-corrected chi connectivity index (χ3v) is 3.18. The van der Waals surface area contributed by atoms with Crippen LogP contribution in [-0.4, -0.2) is 11.2 Å². The fraction of sp³-hybridized carbons (Fsp3) is 0. The number of rotatable bonds is 3. The van der Waals surface area contributed by atoms with Crippen LogP contribution in [0, 0.1) is 0 Å². The molecule has 0 amide bonds. The van der Waals surface area contributed by atoms with Gasteiger partial charge in [-0.3, -0.25) is 4.79 Å². The summed E-state index contributed by atoms with van der Waals surface area (Å²) in [6, 6.07) is 26.7. The van der Waals surface area contributed by atoms with Crippen molar-refractivity contribution in [1.82, 2.24) is 0 Å². The van der Waals surface area contributed by atoms with Gasteiger partial charge in [-0.1, -0.05) is 66.7 Å². The van der Waals surface area contributed by atoms with Crippen molar-refractivity contribution in [3.05, 3.63) is 102 Å². The maximum Gasteiger partial charge on any atom is 0.343 e. The molecule has 0 unspecified atom stereocenters. The molecule has 0 aliphatic carbocycles. The summed E-state index contributed by atoms with van der Waals surface area (Å²) in [6.07, 6.45) is 0. The van der Waals surface area contributed by atoms with E-state index in [4.69, 9.17) is 16.3 Å². The Balaban J connectivity index is 0.000000198. The van der Waals surface area contributed by atoms with Crippen molar-refractivity contribution in [2.45, 2.75) is 0 Å².